The van der Waals surface area contributed by atoms with E-state index < -0.39 is 75.5 Å². The first-order valence-corrected chi connectivity index (χ1v) is 9.82. The number of alkyl halides is 9. The minimum Gasteiger partial charge on any atom is -0.207 e. The van der Waals surface area contributed by atoms with Gasteiger partial charge in [0.05, 0.1) is 16.7 Å². The minimum absolute atomic E-state index is 0.0258. The maximum atomic E-state index is 15.1. The third kappa shape index (κ3) is 5.62. The van der Waals surface area contributed by atoms with Crippen molar-refractivity contribution < 1.29 is 48.3 Å². The average molecular weight is 510 g/mol. The first-order valence-electron chi connectivity index (χ1n) is 9.82. The second kappa shape index (κ2) is 8.87. The lowest BCUT2D eigenvalue weighted by molar-refractivity contribution is -0.143. The Morgan fingerprint density at radius 3 is 1.46 bits per heavy atom. The van der Waals surface area contributed by atoms with Crippen LogP contribution in [0, 0.1) is 25.5 Å². The van der Waals surface area contributed by atoms with Gasteiger partial charge in [-0.05, 0) is 37.5 Å². The summed E-state index contributed by atoms with van der Waals surface area (Å²) in [5.74, 6) is -2.36. The molecule has 0 aliphatic carbocycles. The molecule has 0 heterocycles. The summed E-state index contributed by atoms with van der Waals surface area (Å²) in [7, 11) is 0. The zero-order chi connectivity index (χ0) is 26.5. The van der Waals surface area contributed by atoms with Gasteiger partial charge in [0.15, 0.2) is 0 Å². The molecular formula is C23H14BF11. The summed E-state index contributed by atoms with van der Waals surface area (Å²) >= 11 is 0. The van der Waals surface area contributed by atoms with E-state index in [4.69, 9.17) is 0 Å². The lowest BCUT2D eigenvalue weighted by Crippen LogP contribution is -2.54. The second-order valence-electron chi connectivity index (χ2n) is 7.98. The number of hydrogen-bond acceptors (Lipinski definition) is 0. The predicted molar refractivity (Wildman–Crippen MR) is 108 cm³/mol. The van der Waals surface area contributed by atoms with Gasteiger partial charge in [0.25, 0.3) is 0 Å². The van der Waals surface area contributed by atoms with Crippen LogP contribution in [0.3, 0.4) is 0 Å². The van der Waals surface area contributed by atoms with Crippen LogP contribution < -0.4 is 16.4 Å². The molecule has 0 fully saturated rings. The van der Waals surface area contributed by atoms with E-state index in [2.05, 4.69) is 0 Å². The normalized spacial score (nSPS) is 12.7. The highest BCUT2D eigenvalue weighted by atomic mass is 19.4. The maximum absolute atomic E-state index is 15.1. The molecule has 0 aliphatic rings. The second-order valence-corrected chi connectivity index (χ2v) is 7.98. The van der Waals surface area contributed by atoms with E-state index in [1.807, 2.05) is 0 Å². The van der Waals surface area contributed by atoms with Gasteiger partial charge in [-0.15, -0.1) is 0 Å². The zero-order valence-corrected chi connectivity index (χ0v) is 17.9. The molecule has 0 saturated heterocycles. The maximum Gasteiger partial charge on any atom is 0.416 e. The summed E-state index contributed by atoms with van der Waals surface area (Å²) in [6.07, 6.45) is -15.4. The first-order chi connectivity index (χ1) is 15.9. The molecule has 0 saturated carbocycles. The summed E-state index contributed by atoms with van der Waals surface area (Å²) in [5.41, 5.74) is -7.09. The predicted octanol–water partition coefficient (Wildman–Crippen LogP) is 6.15. The minimum atomic E-state index is -5.25. The van der Waals surface area contributed by atoms with Crippen LogP contribution in [0.25, 0.3) is 0 Å². The van der Waals surface area contributed by atoms with Gasteiger partial charge in [-0.2, -0.15) is 39.5 Å². The molecule has 3 aromatic rings. The summed E-state index contributed by atoms with van der Waals surface area (Å²) in [4.78, 5) is 0. The number of halogens is 11. The summed E-state index contributed by atoms with van der Waals surface area (Å²) in [6.45, 7) is 0.365. The van der Waals surface area contributed by atoms with E-state index in [9.17, 15) is 43.9 Å². The fourth-order valence-corrected chi connectivity index (χ4v) is 3.75. The van der Waals surface area contributed by atoms with Gasteiger partial charge in [-0.25, -0.2) is 8.78 Å². The Balaban J connectivity index is 2.44. The lowest BCUT2D eigenvalue weighted by atomic mass is 9.36. The van der Waals surface area contributed by atoms with Crippen molar-refractivity contribution in [2.45, 2.75) is 32.4 Å². The molecule has 0 radical (unpaired) electrons. The highest BCUT2D eigenvalue weighted by molar-refractivity contribution is 6.95. The van der Waals surface area contributed by atoms with Gasteiger partial charge < -0.3 is 0 Å². The van der Waals surface area contributed by atoms with Crippen LogP contribution in [0.2, 0.25) is 0 Å². The van der Waals surface area contributed by atoms with Gasteiger partial charge in [0.1, 0.15) is 11.6 Å². The Bertz CT molecular complexity index is 1220. The SMILES string of the molecule is Cc1cc(B(c2cc(C(F)(F)F)cc(C(F)(F)F)c2)c2ccc(F)c(C)c2F)cc(C(F)(F)F)c1. The number of rotatable bonds is 3. The van der Waals surface area contributed by atoms with Crippen LogP contribution >= 0.6 is 0 Å². The summed E-state index contributed by atoms with van der Waals surface area (Å²) in [6, 6.07) is 4.32. The smallest absolute Gasteiger partial charge is 0.207 e. The van der Waals surface area contributed by atoms with Crippen LogP contribution in [0.4, 0.5) is 48.3 Å². The van der Waals surface area contributed by atoms with Crippen LogP contribution in [0.15, 0.2) is 48.5 Å². The molecule has 0 nitrogen and oxygen atoms in total. The van der Waals surface area contributed by atoms with Crippen molar-refractivity contribution in [2.75, 3.05) is 0 Å². The fraction of sp³-hybridized carbons (Fsp3) is 0.217. The number of aryl methyl sites for hydroxylation is 1. The quantitative estimate of drug-likeness (QED) is 0.293. The van der Waals surface area contributed by atoms with Crippen molar-refractivity contribution >= 4 is 23.1 Å². The topological polar surface area (TPSA) is 0 Å². The van der Waals surface area contributed by atoms with E-state index >= 15 is 4.39 Å². The molecule has 0 aromatic heterocycles. The van der Waals surface area contributed by atoms with Crippen molar-refractivity contribution in [3.05, 3.63) is 88.0 Å². The average Bonchev–Trinajstić information content (AvgIpc) is 2.71. The Morgan fingerprint density at radius 2 is 1.00 bits per heavy atom. The van der Waals surface area contributed by atoms with Crippen molar-refractivity contribution in [3.63, 3.8) is 0 Å². The van der Waals surface area contributed by atoms with Crippen molar-refractivity contribution in [1.29, 1.82) is 0 Å². The third-order valence-corrected chi connectivity index (χ3v) is 5.36. The van der Waals surface area contributed by atoms with E-state index in [1.54, 1.807) is 0 Å². The molecular weight excluding hydrogens is 496 g/mol. The summed E-state index contributed by atoms with van der Waals surface area (Å²) < 4.78 is 150. The first kappa shape index (κ1) is 26.6. The van der Waals surface area contributed by atoms with Gasteiger partial charge in [-0.1, -0.05) is 46.8 Å². The molecule has 12 heteroatoms. The molecule has 0 atom stereocenters. The Morgan fingerprint density at radius 1 is 0.571 bits per heavy atom. The Labute approximate surface area is 192 Å². The monoisotopic (exact) mass is 510 g/mol. The lowest BCUT2D eigenvalue weighted by Gasteiger charge is -2.22. The molecule has 0 amide bonds. The zero-order valence-electron chi connectivity index (χ0n) is 17.9. The van der Waals surface area contributed by atoms with Gasteiger partial charge in [-0.3, -0.25) is 0 Å². The van der Waals surface area contributed by atoms with Crippen LogP contribution in [0.1, 0.15) is 27.8 Å². The highest BCUT2D eigenvalue weighted by Crippen LogP contribution is 2.35. The van der Waals surface area contributed by atoms with Gasteiger partial charge in [0, 0.05) is 5.56 Å². The number of benzene rings is 3. The molecule has 35 heavy (non-hydrogen) atoms. The standard InChI is InChI=1S/C23H14BF11/c1-11-5-13(21(27,28)29)8-16(6-11)24(18-3-4-19(25)12(2)20(18)26)17-9-14(22(30,31)32)7-15(10-17)23(33,34)35/h3-10H,1-2H3. The fourth-order valence-electron chi connectivity index (χ4n) is 3.75. The molecule has 3 rings (SSSR count). The highest BCUT2D eigenvalue weighted by Gasteiger charge is 2.39. The Kier molecular flexibility index (Phi) is 6.73. The van der Waals surface area contributed by atoms with Crippen LogP contribution in [0.5, 0.6) is 0 Å². The van der Waals surface area contributed by atoms with Crippen molar-refractivity contribution in [2.24, 2.45) is 0 Å². The molecule has 0 unspecified atom stereocenters. The molecule has 0 N–H and O–H groups in total. The molecule has 0 spiro atoms. The van der Waals surface area contributed by atoms with Crippen LogP contribution in [-0.4, -0.2) is 6.71 Å². The van der Waals surface area contributed by atoms with E-state index in [1.165, 1.54) is 6.92 Å². The van der Waals surface area contributed by atoms with E-state index in [0.29, 0.717) is 18.2 Å². The third-order valence-electron chi connectivity index (χ3n) is 5.36. The molecule has 0 bridgehead atoms. The van der Waals surface area contributed by atoms with E-state index in [0.717, 1.165) is 31.2 Å². The van der Waals surface area contributed by atoms with Crippen LogP contribution in [-0.2, 0) is 18.5 Å². The van der Waals surface area contributed by atoms with E-state index in [-0.39, 0.29) is 11.6 Å². The Hall–Kier alpha value is -3.05. The largest absolute Gasteiger partial charge is 0.416 e. The van der Waals surface area contributed by atoms with Gasteiger partial charge in [0.2, 0.25) is 6.71 Å². The van der Waals surface area contributed by atoms with Crippen molar-refractivity contribution in [3.8, 4) is 0 Å². The molecule has 0 aliphatic heterocycles. The summed E-state index contributed by atoms with van der Waals surface area (Å²) in [5, 5.41) is 0. The van der Waals surface area contributed by atoms with Crippen molar-refractivity contribution in [1.82, 2.24) is 0 Å². The molecule has 3 aromatic carbocycles. The number of hydrogen-bond donors (Lipinski definition) is 0. The molecule has 186 valence electrons. The van der Waals surface area contributed by atoms with Gasteiger partial charge >= 0.3 is 18.5 Å².